The van der Waals surface area contributed by atoms with Gasteiger partial charge in [-0.3, -0.25) is 14.3 Å². The Morgan fingerprint density at radius 2 is 1.88 bits per heavy atom. The van der Waals surface area contributed by atoms with Crippen molar-refractivity contribution in [1.29, 1.82) is 0 Å². The van der Waals surface area contributed by atoms with Crippen LogP contribution in [-0.4, -0.2) is 29.4 Å². The molecule has 0 atom stereocenters. The number of ether oxygens (including phenoxy) is 2. The van der Waals surface area contributed by atoms with E-state index >= 15 is 0 Å². The molecule has 0 unspecified atom stereocenters. The van der Waals surface area contributed by atoms with Crippen LogP contribution in [0, 0.1) is 5.92 Å². The molecule has 1 aromatic heterocycles. The molecule has 3 aromatic rings. The van der Waals surface area contributed by atoms with Crippen LogP contribution in [0.3, 0.4) is 0 Å². The first-order chi connectivity index (χ1) is 16.0. The van der Waals surface area contributed by atoms with E-state index in [1.165, 1.54) is 7.05 Å². The van der Waals surface area contributed by atoms with Gasteiger partial charge in [0.15, 0.2) is 11.6 Å². The first kappa shape index (κ1) is 22.7. The molecule has 0 aliphatic heterocycles. The van der Waals surface area contributed by atoms with E-state index in [4.69, 9.17) is 9.47 Å². The number of fused-ring (bicyclic) bond motifs is 1. The number of rotatable bonds is 10. The van der Waals surface area contributed by atoms with Gasteiger partial charge in [0.2, 0.25) is 0 Å². The van der Waals surface area contributed by atoms with Crippen LogP contribution in [0.5, 0.6) is 11.5 Å². The molecule has 4 rings (SSSR count). The van der Waals surface area contributed by atoms with Gasteiger partial charge in [0.05, 0.1) is 12.0 Å². The summed E-state index contributed by atoms with van der Waals surface area (Å²) in [5.74, 6) is 1.67. The maximum Gasteiger partial charge on any atom is 0.412 e. The summed E-state index contributed by atoms with van der Waals surface area (Å²) in [5, 5.41) is 10.8. The molecule has 0 bridgehead atoms. The number of benzene rings is 2. The second-order valence-corrected chi connectivity index (χ2v) is 8.54. The summed E-state index contributed by atoms with van der Waals surface area (Å²) in [6.45, 7) is 3.37. The van der Waals surface area contributed by atoms with E-state index in [2.05, 4.69) is 6.92 Å². The number of aromatic nitrogens is 1. The number of carbonyl (C=O) groups is 1. The van der Waals surface area contributed by atoms with Crippen LogP contribution in [0.15, 0.2) is 53.3 Å². The summed E-state index contributed by atoms with van der Waals surface area (Å²) in [7, 11) is 1.45. The van der Waals surface area contributed by atoms with Gasteiger partial charge in [-0.2, -0.15) is 0 Å². The van der Waals surface area contributed by atoms with Gasteiger partial charge >= 0.3 is 6.09 Å². The van der Waals surface area contributed by atoms with E-state index in [9.17, 15) is 14.7 Å². The van der Waals surface area contributed by atoms with Crippen molar-refractivity contribution in [2.45, 2.75) is 45.8 Å². The first-order valence-electron chi connectivity index (χ1n) is 11.5. The van der Waals surface area contributed by atoms with E-state index < -0.39 is 6.09 Å². The van der Waals surface area contributed by atoms with E-state index in [0.29, 0.717) is 47.9 Å². The van der Waals surface area contributed by atoms with E-state index in [1.807, 2.05) is 30.3 Å². The van der Waals surface area contributed by atoms with Crippen molar-refractivity contribution in [2.24, 2.45) is 5.92 Å². The molecule has 7 heteroatoms. The predicted octanol–water partition coefficient (Wildman–Crippen LogP) is 5.28. The molecule has 1 heterocycles. The maximum atomic E-state index is 13.5. The monoisotopic (exact) mass is 450 g/mol. The lowest BCUT2D eigenvalue weighted by Gasteiger charge is -2.24. The average Bonchev–Trinajstić information content (AvgIpc) is 3.65. The molecule has 1 saturated carbocycles. The van der Waals surface area contributed by atoms with Crippen LogP contribution >= 0.6 is 0 Å². The first-order valence-corrected chi connectivity index (χ1v) is 11.5. The van der Waals surface area contributed by atoms with Crippen molar-refractivity contribution in [2.75, 3.05) is 18.6 Å². The highest BCUT2D eigenvalue weighted by Gasteiger charge is 2.29. The van der Waals surface area contributed by atoms with Crippen LogP contribution in [0.2, 0.25) is 0 Å². The van der Waals surface area contributed by atoms with Gasteiger partial charge in [0.25, 0.3) is 5.56 Å². The van der Waals surface area contributed by atoms with Crippen LogP contribution in [0.25, 0.3) is 10.8 Å². The van der Waals surface area contributed by atoms with Crippen LogP contribution in [0.4, 0.5) is 10.6 Å². The topological polar surface area (TPSA) is 81.0 Å². The van der Waals surface area contributed by atoms with Gasteiger partial charge in [0.1, 0.15) is 12.4 Å². The van der Waals surface area contributed by atoms with Gasteiger partial charge in [0, 0.05) is 19.0 Å². The summed E-state index contributed by atoms with van der Waals surface area (Å²) in [5.41, 5.74) is 0.820. The summed E-state index contributed by atoms with van der Waals surface area (Å²) < 4.78 is 13.7. The minimum atomic E-state index is -1.14. The molecule has 33 heavy (non-hydrogen) atoms. The lowest BCUT2D eigenvalue weighted by atomic mass is 10.1. The molecule has 174 valence electrons. The SMILES string of the molecule is CCCCOc1c(N(C)C(=O)O)n(CC2CC2)c(=O)c2ccc(OCc3ccccc3)cc12. The van der Waals surface area contributed by atoms with E-state index in [-0.39, 0.29) is 11.4 Å². The van der Waals surface area contributed by atoms with Gasteiger partial charge in [-0.05, 0) is 48.9 Å². The fraction of sp³-hybridized carbons (Fsp3) is 0.385. The highest BCUT2D eigenvalue weighted by Crippen LogP contribution is 2.39. The number of hydrogen-bond donors (Lipinski definition) is 1. The van der Waals surface area contributed by atoms with Gasteiger partial charge < -0.3 is 14.6 Å². The fourth-order valence-corrected chi connectivity index (χ4v) is 3.83. The van der Waals surface area contributed by atoms with E-state index in [0.717, 1.165) is 36.1 Å². The molecule has 1 aliphatic carbocycles. The fourth-order valence-electron chi connectivity index (χ4n) is 3.83. The highest BCUT2D eigenvalue weighted by atomic mass is 16.5. The Morgan fingerprint density at radius 1 is 1.12 bits per heavy atom. The van der Waals surface area contributed by atoms with Crippen molar-refractivity contribution in [1.82, 2.24) is 4.57 Å². The Bertz CT molecular complexity index is 1180. The Kier molecular flexibility index (Phi) is 6.87. The summed E-state index contributed by atoms with van der Waals surface area (Å²) in [4.78, 5) is 26.5. The number of unbranched alkanes of at least 4 members (excludes halogenated alkanes) is 1. The normalized spacial score (nSPS) is 13.2. The van der Waals surface area contributed by atoms with Crippen LogP contribution in [-0.2, 0) is 13.2 Å². The van der Waals surface area contributed by atoms with E-state index in [1.54, 1.807) is 22.8 Å². The molecular weight excluding hydrogens is 420 g/mol. The van der Waals surface area contributed by atoms with Crippen molar-refractivity contribution >= 4 is 22.7 Å². The lowest BCUT2D eigenvalue weighted by molar-refractivity contribution is 0.202. The quantitative estimate of drug-likeness (QED) is 0.425. The molecule has 1 aliphatic rings. The number of amides is 1. The molecule has 1 N–H and O–H groups in total. The Labute approximate surface area is 193 Å². The van der Waals surface area contributed by atoms with Crippen molar-refractivity contribution in [3.05, 3.63) is 64.4 Å². The minimum Gasteiger partial charge on any atom is -0.489 e. The zero-order valence-electron chi connectivity index (χ0n) is 19.1. The Hall–Kier alpha value is -3.48. The molecule has 2 aromatic carbocycles. The van der Waals surface area contributed by atoms with Crippen molar-refractivity contribution in [3.8, 4) is 11.5 Å². The average molecular weight is 451 g/mol. The molecule has 0 spiro atoms. The Morgan fingerprint density at radius 3 is 2.55 bits per heavy atom. The van der Waals surface area contributed by atoms with Gasteiger partial charge in [-0.25, -0.2) is 4.79 Å². The number of carboxylic acid groups (broad SMARTS) is 1. The van der Waals surface area contributed by atoms with Gasteiger partial charge in [-0.15, -0.1) is 0 Å². The van der Waals surface area contributed by atoms with Crippen molar-refractivity contribution in [3.63, 3.8) is 0 Å². The molecular formula is C26H30N2O5. The zero-order chi connectivity index (χ0) is 23.4. The predicted molar refractivity (Wildman–Crippen MR) is 129 cm³/mol. The number of hydrogen-bond acceptors (Lipinski definition) is 4. The highest BCUT2D eigenvalue weighted by molar-refractivity contribution is 5.97. The zero-order valence-corrected chi connectivity index (χ0v) is 19.1. The molecule has 0 radical (unpaired) electrons. The second-order valence-electron chi connectivity index (χ2n) is 8.54. The van der Waals surface area contributed by atoms with Crippen molar-refractivity contribution < 1.29 is 19.4 Å². The molecule has 1 amide bonds. The largest absolute Gasteiger partial charge is 0.489 e. The third kappa shape index (κ3) is 5.13. The summed E-state index contributed by atoms with van der Waals surface area (Å²) >= 11 is 0. The third-order valence-corrected chi connectivity index (χ3v) is 5.90. The number of pyridine rings is 1. The summed E-state index contributed by atoms with van der Waals surface area (Å²) in [6.07, 6.45) is 2.70. The molecule has 0 saturated heterocycles. The van der Waals surface area contributed by atoms with Crippen LogP contribution in [0.1, 0.15) is 38.2 Å². The maximum absolute atomic E-state index is 13.5. The van der Waals surface area contributed by atoms with Gasteiger partial charge in [-0.1, -0.05) is 43.7 Å². The minimum absolute atomic E-state index is 0.211. The molecule has 1 fully saturated rings. The third-order valence-electron chi connectivity index (χ3n) is 5.90. The molecule has 7 nitrogen and oxygen atoms in total. The Balaban J connectivity index is 1.82. The summed E-state index contributed by atoms with van der Waals surface area (Å²) in [6, 6.07) is 15.1. The number of nitrogens with zero attached hydrogens (tertiary/aromatic N) is 2. The second kappa shape index (κ2) is 9.98. The smallest absolute Gasteiger partial charge is 0.412 e. The number of anilines is 1. The standard InChI is InChI=1S/C26H30N2O5/c1-3-4-14-32-23-22-15-20(33-17-19-8-6-5-7-9-19)12-13-21(22)25(29)28(16-18-10-11-18)24(23)27(2)26(30)31/h5-9,12-13,15,18H,3-4,10-11,14,16-17H2,1-2H3,(H,30,31). The van der Waals surface area contributed by atoms with Crippen LogP contribution < -0.4 is 19.9 Å². The lowest BCUT2D eigenvalue weighted by Crippen LogP contribution is -2.33.